The van der Waals surface area contributed by atoms with Crippen molar-refractivity contribution < 1.29 is 4.39 Å². The molecule has 0 aliphatic carbocycles. The minimum absolute atomic E-state index is 0.253. The van der Waals surface area contributed by atoms with E-state index in [-0.39, 0.29) is 5.82 Å². The van der Waals surface area contributed by atoms with Crippen molar-refractivity contribution in [2.45, 2.75) is 27.7 Å². The van der Waals surface area contributed by atoms with Gasteiger partial charge in [0.1, 0.15) is 11.6 Å². The number of nitrogens with one attached hydrogen (secondary N) is 1. The van der Waals surface area contributed by atoms with Gasteiger partial charge in [0, 0.05) is 63.3 Å². The first-order valence-corrected chi connectivity index (χ1v) is 14.3. The van der Waals surface area contributed by atoms with Gasteiger partial charge in [-0.2, -0.15) is 0 Å². The van der Waals surface area contributed by atoms with E-state index in [1.807, 2.05) is 5.38 Å². The Hall–Kier alpha value is -2.98. The van der Waals surface area contributed by atoms with Crippen molar-refractivity contribution in [2.75, 3.05) is 72.4 Å². The number of benzene rings is 1. The van der Waals surface area contributed by atoms with Crippen LogP contribution in [0, 0.1) is 5.82 Å². The number of hydrogen-bond donors (Lipinski definition) is 1. The van der Waals surface area contributed by atoms with E-state index in [4.69, 9.17) is 17.2 Å². The van der Waals surface area contributed by atoms with Crippen molar-refractivity contribution in [3.8, 4) is 11.3 Å². The van der Waals surface area contributed by atoms with Crippen molar-refractivity contribution in [2.24, 2.45) is 0 Å². The van der Waals surface area contributed by atoms with Crippen molar-refractivity contribution in [3.63, 3.8) is 0 Å². The lowest BCUT2D eigenvalue weighted by Gasteiger charge is -2.38. The maximum absolute atomic E-state index is 13.2. The third kappa shape index (κ3) is 6.30. The predicted octanol–water partition coefficient (Wildman–Crippen LogP) is 5.56. The number of thiazole rings is 1. The summed E-state index contributed by atoms with van der Waals surface area (Å²) in [5, 5.41) is 6.67. The zero-order valence-electron chi connectivity index (χ0n) is 22.1. The summed E-state index contributed by atoms with van der Waals surface area (Å²) in [7, 11) is 0. The fourth-order valence-electron chi connectivity index (χ4n) is 4.57. The van der Waals surface area contributed by atoms with Crippen LogP contribution in [0.4, 0.5) is 26.8 Å². The van der Waals surface area contributed by atoms with E-state index < -0.39 is 0 Å². The Morgan fingerprint density at radius 2 is 1.57 bits per heavy atom. The molecule has 0 atom stereocenters. The second-order valence-corrected chi connectivity index (χ2v) is 10.1. The zero-order valence-corrected chi connectivity index (χ0v) is 23.7. The van der Waals surface area contributed by atoms with Crippen LogP contribution < -0.4 is 20.0 Å². The number of piperazine rings is 1. The molecule has 4 rings (SSSR count). The predicted molar refractivity (Wildman–Crippen MR) is 159 cm³/mol. The average Bonchev–Trinajstić information content (AvgIpc) is 3.39. The van der Waals surface area contributed by atoms with Gasteiger partial charge in [-0.05, 0) is 76.3 Å². The molecule has 0 amide bonds. The Balaban J connectivity index is 1.43. The minimum Gasteiger partial charge on any atom is -0.369 e. The van der Waals surface area contributed by atoms with Crippen LogP contribution in [0.5, 0.6) is 0 Å². The molecular weight excluding hydrogens is 505 g/mol. The quantitative estimate of drug-likeness (QED) is 0.354. The molecule has 198 valence electrons. The van der Waals surface area contributed by atoms with E-state index in [9.17, 15) is 4.39 Å². The first-order valence-electron chi connectivity index (χ1n) is 13.0. The van der Waals surface area contributed by atoms with Gasteiger partial charge in [0.05, 0.1) is 11.4 Å². The summed E-state index contributed by atoms with van der Waals surface area (Å²) >= 11 is 7.22. The van der Waals surface area contributed by atoms with E-state index >= 15 is 0 Å². The van der Waals surface area contributed by atoms with Crippen LogP contribution in [0.2, 0.25) is 0 Å². The second-order valence-electron chi connectivity index (χ2n) is 8.81. The van der Waals surface area contributed by atoms with Crippen LogP contribution >= 0.6 is 23.6 Å². The van der Waals surface area contributed by atoms with Crippen molar-refractivity contribution in [3.05, 3.63) is 47.6 Å². The van der Waals surface area contributed by atoms with E-state index in [0.29, 0.717) is 5.11 Å². The molecule has 37 heavy (non-hydrogen) atoms. The highest BCUT2D eigenvalue weighted by Crippen LogP contribution is 2.31. The number of thiocarbonyl (C=S) groups is 1. The molecule has 1 aliphatic heterocycles. The smallest absolute Gasteiger partial charge is 0.189 e. The number of halogens is 1. The van der Waals surface area contributed by atoms with Gasteiger partial charge < -0.3 is 24.9 Å². The molecule has 0 radical (unpaired) electrons. The fourth-order valence-corrected chi connectivity index (χ4v) is 5.64. The monoisotopic (exact) mass is 541 g/mol. The molecule has 3 aromatic rings. The van der Waals surface area contributed by atoms with Gasteiger partial charge in [-0.3, -0.25) is 0 Å². The summed E-state index contributed by atoms with van der Waals surface area (Å²) in [6.45, 7) is 15.7. The number of rotatable bonds is 9. The number of hydrogen-bond acceptors (Lipinski definition) is 7. The molecule has 7 nitrogen and oxygen atoms in total. The van der Waals surface area contributed by atoms with Gasteiger partial charge in [-0.25, -0.2) is 14.4 Å². The molecule has 1 aliphatic rings. The van der Waals surface area contributed by atoms with Gasteiger partial charge >= 0.3 is 0 Å². The molecular formula is C27H36FN7S2. The summed E-state index contributed by atoms with van der Waals surface area (Å²) in [6, 6.07) is 10.7. The Bertz CT molecular complexity index is 1170. The largest absolute Gasteiger partial charge is 0.369 e. The fraction of sp³-hybridized carbons (Fsp3) is 0.444. The van der Waals surface area contributed by atoms with E-state index in [0.717, 1.165) is 80.4 Å². The van der Waals surface area contributed by atoms with E-state index in [1.54, 1.807) is 12.1 Å². The molecule has 0 saturated carbocycles. The maximum atomic E-state index is 13.2. The van der Waals surface area contributed by atoms with Gasteiger partial charge in [0.2, 0.25) is 0 Å². The molecule has 10 heteroatoms. The number of aromatic nitrogens is 2. The maximum Gasteiger partial charge on any atom is 0.189 e. The van der Waals surface area contributed by atoms with Crippen molar-refractivity contribution in [1.29, 1.82) is 0 Å². The van der Waals surface area contributed by atoms with E-state index in [2.05, 4.69) is 69.7 Å². The lowest BCUT2D eigenvalue weighted by molar-refractivity contribution is 0.389. The van der Waals surface area contributed by atoms with Crippen molar-refractivity contribution in [1.82, 2.24) is 14.9 Å². The van der Waals surface area contributed by atoms with Crippen LogP contribution in [-0.4, -0.2) is 72.3 Å². The highest BCUT2D eigenvalue weighted by Gasteiger charge is 2.24. The minimum atomic E-state index is -0.253. The second kappa shape index (κ2) is 12.5. The molecule has 0 unspecified atom stereocenters. The van der Waals surface area contributed by atoms with Gasteiger partial charge in [0.15, 0.2) is 16.1 Å². The Kier molecular flexibility index (Phi) is 9.15. The summed E-state index contributed by atoms with van der Waals surface area (Å²) in [5.74, 6) is 1.82. The molecule has 0 bridgehead atoms. The van der Waals surface area contributed by atoms with Gasteiger partial charge in [-0.1, -0.05) is 0 Å². The summed E-state index contributed by atoms with van der Waals surface area (Å²) in [5.41, 5.74) is 2.88. The summed E-state index contributed by atoms with van der Waals surface area (Å²) in [6.07, 6.45) is 0. The standard InChI is InChI=1S/C27H36FN7S2/c1-5-32(6-2)23-13-14-24(33(7-3)8-4)30-25(23)34-15-17-35(18-16-34)27(36)31-26-29-22(19-37-26)20-9-11-21(28)12-10-20/h9-14,19H,5-8,15-18H2,1-4H3,(H,29,31,36). The highest BCUT2D eigenvalue weighted by molar-refractivity contribution is 7.80. The lowest BCUT2D eigenvalue weighted by atomic mass is 10.2. The highest BCUT2D eigenvalue weighted by atomic mass is 32.1. The average molecular weight is 542 g/mol. The van der Waals surface area contributed by atoms with Crippen LogP contribution in [0.3, 0.4) is 0 Å². The number of pyridine rings is 1. The SMILES string of the molecule is CCN(CC)c1ccc(N(CC)CC)c(N2CCN(C(=S)Nc3nc(-c4ccc(F)cc4)cs3)CC2)n1. The number of anilines is 4. The first kappa shape index (κ1) is 27.1. The van der Waals surface area contributed by atoms with Crippen LogP contribution in [-0.2, 0) is 0 Å². The third-order valence-electron chi connectivity index (χ3n) is 6.76. The molecule has 1 fully saturated rings. The first-order chi connectivity index (χ1) is 18.0. The van der Waals surface area contributed by atoms with Crippen molar-refractivity contribution >= 4 is 51.1 Å². The topological polar surface area (TPSA) is 50.8 Å². The van der Waals surface area contributed by atoms with Crippen LogP contribution in [0.1, 0.15) is 27.7 Å². The summed E-state index contributed by atoms with van der Waals surface area (Å²) in [4.78, 5) is 19.0. The molecule has 2 aromatic heterocycles. The Labute approximate surface area is 228 Å². The molecule has 0 spiro atoms. The third-order valence-corrected chi connectivity index (χ3v) is 7.87. The van der Waals surface area contributed by atoms with Crippen LogP contribution in [0.25, 0.3) is 11.3 Å². The Morgan fingerprint density at radius 1 is 0.919 bits per heavy atom. The van der Waals surface area contributed by atoms with Gasteiger partial charge in [0.25, 0.3) is 0 Å². The molecule has 1 aromatic carbocycles. The van der Waals surface area contributed by atoms with Crippen LogP contribution in [0.15, 0.2) is 41.8 Å². The zero-order chi connectivity index (χ0) is 26.4. The van der Waals surface area contributed by atoms with Gasteiger partial charge in [-0.15, -0.1) is 11.3 Å². The Morgan fingerprint density at radius 3 is 2.19 bits per heavy atom. The lowest BCUT2D eigenvalue weighted by Crippen LogP contribution is -2.50. The number of nitrogens with zero attached hydrogens (tertiary/aromatic N) is 6. The molecule has 1 saturated heterocycles. The summed E-state index contributed by atoms with van der Waals surface area (Å²) < 4.78 is 13.2. The molecule has 3 heterocycles. The van der Waals surface area contributed by atoms with E-state index in [1.165, 1.54) is 29.2 Å². The normalized spacial score (nSPS) is 13.5. The molecule has 1 N–H and O–H groups in total.